The summed E-state index contributed by atoms with van der Waals surface area (Å²) in [7, 11) is 5.32. The van der Waals surface area contributed by atoms with Crippen LogP contribution in [0.1, 0.15) is 49.7 Å². The number of hydrogen-bond donors (Lipinski definition) is 2. The molecule has 29 heavy (non-hydrogen) atoms. The standard InChI is InChI=1S/C23H39N3O3/c1-19-8-9-20(21(16-19)29-14-7-13-27-3)17-25-22(24-2)26-18-23(12-15-28-4)10-5-6-11-23/h8-9,16H,5-7,10-15,17-18H2,1-4H3,(H2,24,25,26). The van der Waals surface area contributed by atoms with Gasteiger partial charge in [0.2, 0.25) is 0 Å². The van der Waals surface area contributed by atoms with Crippen molar-refractivity contribution in [3.63, 3.8) is 0 Å². The molecular weight excluding hydrogens is 366 g/mol. The van der Waals surface area contributed by atoms with Gasteiger partial charge < -0.3 is 24.8 Å². The predicted octanol–water partition coefficient (Wildman–Crippen LogP) is 3.67. The van der Waals surface area contributed by atoms with Crippen LogP contribution in [0, 0.1) is 12.3 Å². The van der Waals surface area contributed by atoms with Gasteiger partial charge in [-0.25, -0.2) is 0 Å². The van der Waals surface area contributed by atoms with Crippen molar-refractivity contribution < 1.29 is 14.2 Å². The number of hydrogen-bond acceptors (Lipinski definition) is 4. The Morgan fingerprint density at radius 2 is 1.83 bits per heavy atom. The molecular formula is C23H39N3O3. The summed E-state index contributed by atoms with van der Waals surface area (Å²) in [4.78, 5) is 4.42. The molecule has 1 aromatic carbocycles. The summed E-state index contributed by atoms with van der Waals surface area (Å²) >= 11 is 0. The van der Waals surface area contributed by atoms with Crippen LogP contribution in [0.15, 0.2) is 23.2 Å². The van der Waals surface area contributed by atoms with Crippen molar-refractivity contribution in [3.8, 4) is 5.75 Å². The summed E-state index contributed by atoms with van der Waals surface area (Å²) in [6, 6.07) is 6.34. The molecule has 1 aromatic rings. The lowest BCUT2D eigenvalue weighted by Gasteiger charge is -2.30. The van der Waals surface area contributed by atoms with Crippen molar-refractivity contribution in [1.82, 2.24) is 10.6 Å². The maximum atomic E-state index is 5.99. The van der Waals surface area contributed by atoms with Gasteiger partial charge in [0.05, 0.1) is 6.61 Å². The molecule has 6 nitrogen and oxygen atoms in total. The zero-order valence-electron chi connectivity index (χ0n) is 18.7. The van der Waals surface area contributed by atoms with Crippen molar-refractivity contribution in [1.29, 1.82) is 0 Å². The molecule has 1 aliphatic carbocycles. The maximum Gasteiger partial charge on any atom is 0.191 e. The van der Waals surface area contributed by atoms with Crippen molar-refractivity contribution in [3.05, 3.63) is 29.3 Å². The van der Waals surface area contributed by atoms with Crippen LogP contribution in [0.4, 0.5) is 0 Å². The fourth-order valence-electron chi connectivity index (χ4n) is 3.96. The predicted molar refractivity (Wildman–Crippen MR) is 119 cm³/mol. The van der Waals surface area contributed by atoms with Gasteiger partial charge in [0.1, 0.15) is 5.75 Å². The van der Waals surface area contributed by atoms with Gasteiger partial charge in [0.25, 0.3) is 0 Å². The van der Waals surface area contributed by atoms with E-state index in [1.807, 2.05) is 7.05 Å². The third-order valence-corrected chi connectivity index (χ3v) is 5.77. The number of aryl methyl sites for hydroxylation is 1. The number of guanidine groups is 1. The maximum absolute atomic E-state index is 5.99. The van der Waals surface area contributed by atoms with Crippen LogP contribution in [0.3, 0.4) is 0 Å². The van der Waals surface area contributed by atoms with E-state index in [0.717, 1.165) is 43.3 Å². The van der Waals surface area contributed by atoms with Gasteiger partial charge >= 0.3 is 0 Å². The first-order chi connectivity index (χ1) is 14.1. The highest BCUT2D eigenvalue weighted by Crippen LogP contribution is 2.40. The molecule has 1 saturated carbocycles. The molecule has 0 atom stereocenters. The quantitative estimate of drug-likeness (QED) is 0.316. The fraction of sp³-hybridized carbons (Fsp3) is 0.696. The molecule has 0 aliphatic heterocycles. The SMILES string of the molecule is CN=C(NCc1ccc(C)cc1OCCCOC)NCC1(CCOC)CCCC1. The molecule has 0 saturated heterocycles. The Morgan fingerprint density at radius 3 is 2.52 bits per heavy atom. The zero-order chi connectivity index (χ0) is 21.0. The van der Waals surface area contributed by atoms with Crippen LogP contribution in [-0.2, 0) is 16.0 Å². The van der Waals surface area contributed by atoms with Gasteiger partial charge in [-0.2, -0.15) is 0 Å². The number of rotatable bonds is 12. The molecule has 6 heteroatoms. The summed E-state index contributed by atoms with van der Waals surface area (Å²) in [5.41, 5.74) is 2.65. The van der Waals surface area contributed by atoms with Crippen LogP contribution in [0.5, 0.6) is 5.75 Å². The first-order valence-corrected chi connectivity index (χ1v) is 10.8. The Kier molecular flexibility index (Phi) is 10.3. The lowest BCUT2D eigenvalue weighted by atomic mass is 9.83. The topological polar surface area (TPSA) is 64.1 Å². The summed E-state index contributed by atoms with van der Waals surface area (Å²) in [6.45, 7) is 5.87. The lowest BCUT2D eigenvalue weighted by molar-refractivity contribution is 0.138. The van der Waals surface area contributed by atoms with Gasteiger partial charge in [0.15, 0.2) is 5.96 Å². The average molecular weight is 406 g/mol. The van der Waals surface area contributed by atoms with Gasteiger partial charge in [-0.05, 0) is 43.2 Å². The van der Waals surface area contributed by atoms with Gasteiger partial charge in [-0.3, -0.25) is 4.99 Å². The molecule has 0 amide bonds. The molecule has 0 bridgehead atoms. The number of methoxy groups -OCH3 is 2. The van der Waals surface area contributed by atoms with E-state index >= 15 is 0 Å². The van der Waals surface area contributed by atoms with E-state index < -0.39 is 0 Å². The van der Waals surface area contributed by atoms with E-state index in [4.69, 9.17) is 14.2 Å². The zero-order valence-corrected chi connectivity index (χ0v) is 18.7. The minimum Gasteiger partial charge on any atom is -0.493 e. The third kappa shape index (κ3) is 7.86. The Hall–Kier alpha value is -1.79. The fourth-order valence-corrected chi connectivity index (χ4v) is 3.96. The second kappa shape index (κ2) is 12.7. The third-order valence-electron chi connectivity index (χ3n) is 5.77. The minimum atomic E-state index is 0.326. The number of nitrogens with zero attached hydrogens (tertiary/aromatic N) is 1. The molecule has 2 rings (SSSR count). The van der Waals surface area contributed by atoms with Crippen molar-refractivity contribution in [2.24, 2.45) is 10.4 Å². The van der Waals surface area contributed by atoms with E-state index in [1.54, 1.807) is 14.2 Å². The number of benzene rings is 1. The molecule has 0 spiro atoms. The Morgan fingerprint density at radius 1 is 1.07 bits per heavy atom. The monoisotopic (exact) mass is 405 g/mol. The second-order valence-electron chi connectivity index (χ2n) is 8.04. The van der Waals surface area contributed by atoms with Crippen LogP contribution >= 0.6 is 0 Å². The Labute approximate surface area is 176 Å². The van der Waals surface area contributed by atoms with Crippen LogP contribution < -0.4 is 15.4 Å². The summed E-state index contributed by atoms with van der Waals surface area (Å²) in [6.07, 6.45) is 7.12. The first kappa shape index (κ1) is 23.5. The van der Waals surface area contributed by atoms with Crippen molar-refractivity contribution >= 4 is 5.96 Å². The molecule has 164 valence electrons. The Bertz CT molecular complexity index is 628. The highest BCUT2D eigenvalue weighted by molar-refractivity contribution is 5.79. The number of aliphatic imine (C=N–C) groups is 1. The minimum absolute atomic E-state index is 0.326. The molecule has 1 aliphatic rings. The van der Waals surface area contributed by atoms with Gasteiger partial charge in [-0.1, -0.05) is 25.0 Å². The summed E-state index contributed by atoms with van der Waals surface area (Å²) in [5.74, 6) is 1.76. The molecule has 0 radical (unpaired) electrons. The highest BCUT2D eigenvalue weighted by atomic mass is 16.5. The molecule has 1 fully saturated rings. The molecule has 0 unspecified atom stereocenters. The number of nitrogens with one attached hydrogen (secondary N) is 2. The molecule has 0 heterocycles. The van der Waals surface area contributed by atoms with E-state index in [1.165, 1.54) is 31.2 Å². The van der Waals surface area contributed by atoms with Crippen molar-refractivity contribution in [2.45, 2.75) is 52.0 Å². The summed E-state index contributed by atoms with van der Waals surface area (Å²) < 4.78 is 16.4. The average Bonchev–Trinajstić information content (AvgIpc) is 3.20. The normalized spacial score (nSPS) is 16.1. The first-order valence-electron chi connectivity index (χ1n) is 10.8. The van der Waals surface area contributed by atoms with E-state index in [9.17, 15) is 0 Å². The number of ether oxygens (including phenoxy) is 3. The van der Waals surface area contributed by atoms with Crippen LogP contribution in [0.2, 0.25) is 0 Å². The van der Waals surface area contributed by atoms with Gasteiger partial charge in [-0.15, -0.1) is 0 Å². The highest BCUT2D eigenvalue weighted by Gasteiger charge is 2.33. The van der Waals surface area contributed by atoms with E-state index in [-0.39, 0.29) is 0 Å². The largest absolute Gasteiger partial charge is 0.493 e. The molecule has 2 N–H and O–H groups in total. The lowest BCUT2D eigenvalue weighted by Crippen LogP contribution is -2.43. The molecule has 0 aromatic heterocycles. The summed E-state index contributed by atoms with van der Waals surface area (Å²) in [5, 5.41) is 7.00. The van der Waals surface area contributed by atoms with Crippen LogP contribution in [0.25, 0.3) is 0 Å². The van der Waals surface area contributed by atoms with E-state index in [0.29, 0.717) is 25.2 Å². The van der Waals surface area contributed by atoms with Gasteiger partial charge in [0, 0.05) is 59.6 Å². The van der Waals surface area contributed by atoms with E-state index in [2.05, 4.69) is 40.7 Å². The Balaban J connectivity index is 1.89. The van der Waals surface area contributed by atoms with Crippen LogP contribution in [-0.4, -0.2) is 53.6 Å². The van der Waals surface area contributed by atoms with Crippen molar-refractivity contribution in [2.75, 3.05) is 47.6 Å². The second-order valence-corrected chi connectivity index (χ2v) is 8.04. The smallest absolute Gasteiger partial charge is 0.191 e.